The normalized spacial score (nSPS) is 10.2. The van der Waals surface area contributed by atoms with Crippen LogP contribution in [-0.4, -0.2) is 23.7 Å². The molecule has 0 spiro atoms. The lowest BCUT2D eigenvalue weighted by Gasteiger charge is -2.09. The van der Waals surface area contributed by atoms with Crippen molar-refractivity contribution < 1.29 is 9.59 Å². The van der Waals surface area contributed by atoms with E-state index in [1.807, 2.05) is 26.0 Å². The number of benzene rings is 1. The Kier molecular flexibility index (Phi) is 5.51. The number of urea groups is 1. The van der Waals surface area contributed by atoms with Crippen molar-refractivity contribution in [2.45, 2.75) is 24.8 Å². The molecule has 0 aliphatic heterocycles. The summed E-state index contributed by atoms with van der Waals surface area (Å²) >= 11 is 1.33. The number of thioether (sulfide) groups is 1. The first kappa shape index (κ1) is 14.4. The fourth-order valence-corrected chi connectivity index (χ4v) is 1.98. The molecule has 0 aliphatic carbocycles. The largest absolute Gasteiger partial charge is 0.399 e. The Morgan fingerprint density at radius 1 is 1.39 bits per heavy atom. The lowest BCUT2D eigenvalue weighted by Crippen LogP contribution is -2.43. The molecule has 3 amide bonds. The molecule has 1 rings (SSSR count). The molecule has 6 heteroatoms. The van der Waals surface area contributed by atoms with Gasteiger partial charge in [0.15, 0.2) is 0 Å². The molecule has 0 saturated heterocycles. The summed E-state index contributed by atoms with van der Waals surface area (Å²) in [5, 5.41) is 4.84. The second kappa shape index (κ2) is 6.90. The summed E-state index contributed by atoms with van der Waals surface area (Å²) < 4.78 is 0. The Labute approximate surface area is 111 Å². The van der Waals surface area contributed by atoms with Gasteiger partial charge in [0.05, 0.1) is 5.75 Å². The van der Waals surface area contributed by atoms with Crippen LogP contribution >= 0.6 is 11.8 Å². The quantitative estimate of drug-likeness (QED) is 0.571. The molecule has 0 aromatic heterocycles. The van der Waals surface area contributed by atoms with E-state index in [2.05, 4.69) is 10.6 Å². The monoisotopic (exact) mass is 267 g/mol. The molecule has 0 atom stereocenters. The van der Waals surface area contributed by atoms with Gasteiger partial charge in [-0.05, 0) is 32.0 Å². The Hall–Kier alpha value is -1.69. The zero-order valence-corrected chi connectivity index (χ0v) is 11.2. The predicted molar refractivity (Wildman–Crippen MR) is 73.4 cm³/mol. The Balaban J connectivity index is 2.35. The van der Waals surface area contributed by atoms with Crippen LogP contribution in [0.25, 0.3) is 0 Å². The summed E-state index contributed by atoms with van der Waals surface area (Å²) in [6.45, 7) is 3.65. The van der Waals surface area contributed by atoms with Crippen LogP contribution in [0.3, 0.4) is 0 Å². The van der Waals surface area contributed by atoms with E-state index in [0.29, 0.717) is 5.69 Å². The molecule has 0 saturated carbocycles. The molecule has 0 radical (unpaired) electrons. The van der Waals surface area contributed by atoms with Crippen molar-refractivity contribution in [2.75, 3.05) is 11.5 Å². The molecule has 18 heavy (non-hydrogen) atoms. The number of nitrogens with two attached hydrogens (primary N) is 1. The molecule has 1 aromatic carbocycles. The molecule has 0 heterocycles. The molecule has 1 aromatic rings. The van der Waals surface area contributed by atoms with Gasteiger partial charge in [-0.1, -0.05) is 6.07 Å². The minimum atomic E-state index is -0.469. The molecule has 98 valence electrons. The third kappa shape index (κ3) is 5.58. The molecule has 0 aliphatic rings. The molecule has 5 nitrogen and oxygen atoms in total. The summed E-state index contributed by atoms with van der Waals surface area (Å²) in [5.41, 5.74) is 6.27. The number of anilines is 1. The first-order valence-electron chi connectivity index (χ1n) is 5.56. The van der Waals surface area contributed by atoms with Gasteiger partial charge in [0, 0.05) is 16.6 Å². The fraction of sp³-hybridized carbons (Fsp3) is 0.333. The second-order valence-corrected chi connectivity index (χ2v) is 5.09. The van der Waals surface area contributed by atoms with E-state index >= 15 is 0 Å². The smallest absolute Gasteiger partial charge is 0.321 e. The first-order chi connectivity index (χ1) is 8.47. The van der Waals surface area contributed by atoms with Gasteiger partial charge in [0.2, 0.25) is 5.91 Å². The minimum absolute atomic E-state index is 0.000579. The topological polar surface area (TPSA) is 84.2 Å². The number of carbonyl (C=O) groups is 2. The van der Waals surface area contributed by atoms with Crippen LogP contribution in [0.5, 0.6) is 0 Å². The summed E-state index contributed by atoms with van der Waals surface area (Å²) in [6.07, 6.45) is 0. The van der Waals surface area contributed by atoms with E-state index in [0.717, 1.165) is 4.90 Å². The van der Waals surface area contributed by atoms with Crippen LogP contribution in [0.1, 0.15) is 13.8 Å². The lowest BCUT2D eigenvalue weighted by molar-refractivity contribution is -0.117. The van der Waals surface area contributed by atoms with Crippen LogP contribution in [0, 0.1) is 0 Å². The number of amides is 3. The number of hydrogen-bond acceptors (Lipinski definition) is 4. The second-order valence-electron chi connectivity index (χ2n) is 4.04. The van der Waals surface area contributed by atoms with Gasteiger partial charge in [-0.25, -0.2) is 4.79 Å². The number of nitrogens with one attached hydrogen (secondary N) is 2. The predicted octanol–water partition coefficient (Wildman–Crippen LogP) is 1.60. The Morgan fingerprint density at radius 3 is 2.72 bits per heavy atom. The van der Waals surface area contributed by atoms with Crippen LogP contribution in [0.2, 0.25) is 0 Å². The average Bonchev–Trinajstić information content (AvgIpc) is 2.25. The number of carbonyl (C=O) groups excluding carboxylic acids is 2. The van der Waals surface area contributed by atoms with Crippen LogP contribution in [0.15, 0.2) is 29.2 Å². The highest BCUT2D eigenvalue weighted by molar-refractivity contribution is 8.00. The zero-order valence-electron chi connectivity index (χ0n) is 10.4. The van der Waals surface area contributed by atoms with Crippen molar-refractivity contribution in [1.82, 2.24) is 10.6 Å². The van der Waals surface area contributed by atoms with Crippen molar-refractivity contribution in [2.24, 2.45) is 0 Å². The van der Waals surface area contributed by atoms with E-state index in [1.54, 1.807) is 12.1 Å². The van der Waals surface area contributed by atoms with E-state index in [-0.39, 0.29) is 17.7 Å². The number of rotatable bonds is 4. The van der Waals surface area contributed by atoms with Crippen LogP contribution < -0.4 is 16.4 Å². The van der Waals surface area contributed by atoms with E-state index in [9.17, 15) is 9.59 Å². The van der Waals surface area contributed by atoms with Gasteiger partial charge in [-0.2, -0.15) is 0 Å². The van der Waals surface area contributed by atoms with E-state index < -0.39 is 6.03 Å². The van der Waals surface area contributed by atoms with Crippen molar-refractivity contribution in [1.29, 1.82) is 0 Å². The first-order valence-corrected chi connectivity index (χ1v) is 6.54. The summed E-state index contributed by atoms with van der Waals surface area (Å²) in [6, 6.07) is 6.78. The van der Waals surface area contributed by atoms with Gasteiger partial charge < -0.3 is 11.1 Å². The third-order valence-electron chi connectivity index (χ3n) is 1.90. The minimum Gasteiger partial charge on any atom is -0.399 e. The number of hydrogen-bond donors (Lipinski definition) is 3. The van der Waals surface area contributed by atoms with E-state index in [1.165, 1.54) is 11.8 Å². The molecular weight excluding hydrogens is 250 g/mol. The van der Waals surface area contributed by atoms with Gasteiger partial charge in [-0.15, -0.1) is 11.8 Å². The van der Waals surface area contributed by atoms with Crippen LogP contribution in [0.4, 0.5) is 10.5 Å². The lowest BCUT2D eigenvalue weighted by atomic mass is 10.3. The highest BCUT2D eigenvalue weighted by atomic mass is 32.2. The van der Waals surface area contributed by atoms with Crippen molar-refractivity contribution in [3.8, 4) is 0 Å². The molecule has 0 fully saturated rings. The maximum Gasteiger partial charge on any atom is 0.321 e. The Morgan fingerprint density at radius 2 is 2.11 bits per heavy atom. The van der Waals surface area contributed by atoms with Gasteiger partial charge >= 0.3 is 6.03 Å². The summed E-state index contributed by atoms with van der Waals surface area (Å²) in [7, 11) is 0. The highest BCUT2D eigenvalue weighted by Gasteiger charge is 2.08. The molecular formula is C12H17N3O2S. The van der Waals surface area contributed by atoms with Crippen LogP contribution in [-0.2, 0) is 4.79 Å². The standard InChI is InChI=1S/C12H17N3O2S/c1-8(2)14-12(17)15-11(16)7-18-10-5-3-4-9(13)6-10/h3-6,8H,7,13H2,1-2H3,(H2,14,15,16,17). The fourth-order valence-electron chi connectivity index (χ4n) is 1.21. The molecule has 0 bridgehead atoms. The van der Waals surface area contributed by atoms with Gasteiger partial charge in [0.1, 0.15) is 0 Å². The molecule has 4 N–H and O–H groups in total. The molecule has 0 unspecified atom stereocenters. The van der Waals surface area contributed by atoms with Crippen molar-refractivity contribution >= 4 is 29.4 Å². The average molecular weight is 267 g/mol. The SMILES string of the molecule is CC(C)NC(=O)NC(=O)CSc1cccc(N)c1. The maximum absolute atomic E-state index is 11.5. The van der Waals surface area contributed by atoms with Crippen molar-refractivity contribution in [3.63, 3.8) is 0 Å². The Bertz CT molecular complexity index is 435. The number of nitrogen functional groups attached to an aromatic ring is 1. The highest BCUT2D eigenvalue weighted by Crippen LogP contribution is 2.19. The summed E-state index contributed by atoms with van der Waals surface area (Å²) in [5.74, 6) is -0.157. The summed E-state index contributed by atoms with van der Waals surface area (Å²) in [4.78, 5) is 23.6. The zero-order chi connectivity index (χ0) is 13.5. The number of imide groups is 1. The van der Waals surface area contributed by atoms with Crippen molar-refractivity contribution in [3.05, 3.63) is 24.3 Å². The third-order valence-corrected chi connectivity index (χ3v) is 2.89. The maximum atomic E-state index is 11.5. The van der Waals surface area contributed by atoms with Gasteiger partial charge in [0.25, 0.3) is 0 Å². The van der Waals surface area contributed by atoms with E-state index in [4.69, 9.17) is 5.73 Å². The van der Waals surface area contributed by atoms with Gasteiger partial charge in [-0.3, -0.25) is 10.1 Å².